The van der Waals surface area contributed by atoms with Crippen molar-refractivity contribution >= 4 is 19.7 Å². The Hall–Kier alpha value is -2.03. The number of hydrogen-bond donors (Lipinski definition) is 2. The third-order valence-corrected chi connectivity index (χ3v) is 13.3. The van der Waals surface area contributed by atoms with Gasteiger partial charge in [-0.1, -0.05) is 217 Å². The van der Waals surface area contributed by atoms with Gasteiger partial charge in [-0.15, -0.1) is 0 Å². The summed E-state index contributed by atoms with van der Waals surface area (Å²) in [6, 6.07) is -0.851. The number of quaternary nitrogens is 1. The van der Waals surface area contributed by atoms with Crippen molar-refractivity contribution in [2.45, 2.75) is 264 Å². The van der Waals surface area contributed by atoms with E-state index in [-0.39, 0.29) is 25.1 Å². The molecule has 9 nitrogen and oxygen atoms in total. The van der Waals surface area contributed by atoms with Crippen molar-refractivity contribution in [2.24, 2.45) is 0 Å². The number of phosphoric acid groups is 1. The summed E-state index contributed by atoms with van der Waals surface area (Å²) in [6.07, 6.45) is 56.7. The Morgan fingerprint density at radius 3 is 1.39 bits per heavy atom. The van der Waals surface area contributed by atoms with Crippen LogP contribution in [-0.2, 0) is 27.9 Å². The van der Waals surface area contributed by atoms with Gasteiger partial charge in [-0.05, 0) is 70.3 Å². The van der Waals surface area contributed by atoms with Gasteiger partial charge in [0.2, 0.25) is 5.91 Å². The van der Waals surface area contributed by atoms with Crippen LogP contribution in [0.5, 0.6) is 0 Å². The number of hydrogen-bond acceptors (Lipinski definition) is 6. The highest BCUT2D eigenvalue weighted by Gasteiger charge is 2.30. The van der Waals surface area contributed by atoms with Crippen molar-refractivity contribution in [3.8, 4) is 0 Å². The molecule has 0 aromatic carbocycles. The first-order valence-corrected chi connectivity index (χ1v) is 29.5. The maximum absolute atomic E-state index is 13.5. The number of carbonyl (C=O) groups is 2. The zero-order chi connectivity index (χ0) is 49.4. The molecule has 3 atom stereocenters. The molecule has 0 aromatic heterocycles. The lowest BCUT2D eigenvalue weighted by molar-refractivity contribution is -0.870. The van der Waals surface area contributed by atoms with Gasteiger partial charge in [0.05, 0.1) is 33.8 Å². The molecule has 0 saturated heterocycles. The fourth-order valence-corrected chi connectivity index (χ4v) is 8.62. The van der Waals surface area contributed by atoms with Crippen molar-refractivity contribution in [3.63, 3.8) is 0 Å². The van der Waals surface area contributed by atoms with Crippen LogP contribution in [0.15, 0.2) is 48.6 Å². The SMILES string of the molecule is CCCCC/C=C\C/C=C\C/C=C\CCCCCCCCC(=O)NC(COP(=O)(O)OCC[N+](C)(C)C)C(/C=C\CCCCCCCCCCC)OC(=O)CCCCCCCCCCCCC. The highest BCUT2D eigenvalue weighted by atomic mass is 31.2. The van der Waals surface area contributed by atoms with Crippen molar-refractivity contribution in [2.75, 3.05) is 40.9 Å². The molecule has 0 rings (SSSR count). The number of rotatable bonds is 50. The number of likely N-dealkylation sites (N-methyl/N-ethyl adjacent to an activating group) is 1. The van der Waals surface area contributed by atoms with Gasteiger partial charge in [-0.25, -0.2) is 4.57 Å². The lowest BCUT2D eigenvalue weighted by atomic mass is 10.0. The fraction of sp³-hybridized carbons (Fsp3) is 0.825. The summed E-state index contributed by atoms with van der Waals surface area (Å²) in [5.74, 6) is -0.517. The van der Waals surface area contributed by atoms with Crippen molar-refractivity contribution in [1.29, 1.82) is 0 Å². The number of carbonyl (C=O) groups excluding carboxylic acids is 2. The van der Waals surface area contributed by atoms with E-state index in [2.05, 4.69) is 62.5 Å². The maximum Gasteiger partial charge on any atom is 0.472 e. The molecule has 0 spiro atoms. The number of unbranched alkanes of at least 4 members (excludes halogenated alkanes) is 28. The number of esters is 1. The molecule has 0 fully saturated rings. The molecule has 0 aliphatic heterocycles. The van der Waals surface area contributed by atoms with Crippen LogP contribution in [-0.4, -0.2) is 74.3 Å². The smallest absolute Gasteiger partial charge is 0.456 e. The van der Waals surface area contributed by atoms with E-state index in [1.807, 2.05) is 33.3 Å². The molecule has 0 aliphatic carbocycles. The van der Waals surface area contributed by atoms with Gasteiger partial charge in [-0.2, -0.15) is 0 Å². The molecule has 392 valence electrons. The minimum absolute atomic E-state index is 0.0379. The van der Waals surface area contributed by atoms with E-state index in [1.165, 1.54) is 135 Å². The van der Waals surface area contributed by atoms with Crippen LogP contribution in [0.3, 0.4) is 0 Å². The number of ether oxygens (including phenoxy) is 1. The average molecular weight is 964 g/mol. The Labute approximate surface area is 414 Å². The highest BCUT2D eigenvalue weighted by molar-refractivity contribution is 7.47. The zero-order valence-electron chi connectivity index (χ0n) is 44.6. The van der Waals surface area contributed by atoms with Gasteiger partial charge in [0.1, 0.15) is 19.3 Å². The van der Waals surface area contributed by atoms with Gasteiger partial charge in [0.15, 0.2) is 0 Å². The summed E-state index contributed by atoms with van der Waals surface area (Å²) in [7, 11) is 1.49. The Morgan fingerprint density at radius 2 is 0.910 bits per heavy atom. The molecular weight excluding hydrogens is 856 g/mol. The Morgan fingerprint density at radius 1 is 0.522 bits per heavy atom. The summed E-state index contributed by atoms with van der Waals surface area (Å²) in [5.41, 5.74) is 0. The third kappa shape index (κ3) is 48.8. The molecule has 0 bridgehead atoms. The molecule has 1 amide bonds. The molecule has 67 heavy (non-hydrogen) atoms. The first kappa shape index (κ1) is 65.0. The van der Waals surface area contributed by atoms with Gasteiger partial charge >= 0.3 is 13.8 Å². The predicted octanol–water partition coefficient (Wildman–Crippen LogP) is 16.6. The van der Waals surface area contributed by atoms with Crippen LogP contribution in [0.1, 0.15) is 252 Å². The summed E-state index contributed by atoms with van der Waals surface area (Å²) in [4.78, 5) is 37.5. The molecule has 0 heterocycles. The van der Waals surface area contributed by atoms with Crippen molar-refractivity contribution in [1.82, 2.24) is 5.32 Å². The van der Waals surface area contributed by atoms with E-state index in [1.54, 1.807) is 0 Å². The summed E-state index contributed by atoms with van der Waals surface area (Å²) < 4.78 is 30.5. The Balaban J connectivity index is 5.31. The standard InChI is InChI=1S/C57H107N2O7P/c1-7-10-13-16-19-22-25-26-27-28-29-30-31-32-35-37-40-43-46-49-56(60)58-54(53-65-67(62,63)64-52-51-59(4,5)6)55(48-45-42-39-36-33-23-20-17-14-11-8-2)66-57(61)50-47-44-41-38-34-24-21-18-15-12-9-3/h19,22,26-27,29-30,45,48,54-55H,7-18,20-21,23-25,28,31-44,46-47,49-53H2,1-6H3,(H-,58,60,62,63)/p+1/b22-19-,27-26-,30-29-,48-45-. The van der Waals surface area contributed by atoms with E-state index >= 15 is 0 Å². The maximum atomic E-state index is 13.5. The van der Waals surface area contributed by atoms with Crippen LogP contribution in [0, 0.1) is 0 Å². The average Bonchev–Trinajstić information content (AvgIpc) is 3.28. The van der Waals surface area contributed by atoms with Crippen LogP contribution in [0.25, 0.3) is 0 Å². The second-order valence-corrected chi connectivity index (χ2v) is 21.6. The van der Waals surface area contributed by atoms with Gasteiger partial charge < -0.3 is 19.4 Å². The van der Waals surface area contributed by atoms with Gasteiger partial charge in [0, 0.05) is 12.8 Å². The Kier molecular flexibility index (Phi) is 46.2. The first-order chi connectivity index (χ1) is 32.4. The number of phosphoric ester groups is 1. The van der Waals surface area contributed by atoms with Crippen molar-refractivity contribution < 1.29 is 37.3 Å². The van der Waals surface area contributed by atoms with Crippen molar-refractivity contribution in [3.05, 3.63) is 48.6 Å². The number of amides is 1. The monoisotopic (exact) mass is 964 g/mol. The third-order valence-electron chi connectivity index (χ3n) is 12.3. The van der Waals surface area contributed by atoms with E-state index < -0.39 is 20.0 Å². The topological polar surface area (TPSA) is 111 Å². The molecule has 0 aliphatic rings. The molecule has 10 heteroatoms. The molecular formula is C57H108N2O7P+. The van der Waals surface area contributed by atoms with E-state index in [0.717, 1.165) is 83.5 Å². The predicted molar refractivity (Wildman–Crippen MR) is 286 cm³/mol. The first-order valence-electron chi connectivity index (χ1n) is 28.0. The number of nitrogens with one attached hydrogen (secondary N) is 1. The minimum atomic E-state index is -4.44. The quantitative estimate of drug-likeness (QED) is 0.0205. The molecule has 0 aromatic rings. The summed E-state index contributed by atoms with van der Waals surface area (Å²) in [6.45, 7) is 6.96. The minimum Gasteiger partial charge on any atom is -0.456 e. The summed E-state index contributed by atoms with van der Waals surface area (Å²) >= 11 is 0. The van der Waals surface area contributed by atoms with Gasteiger partial charge in [0.25, 0.3) is 0 Å². The van der Waals surface area contributed by atoms with E-state index in [0.29, 0.717) is 23.9 Å². The molecule has 0 radical (unpaired) electrons. The lowest BCUT2D eigenvalue weighted by Gasteiger charge is -2.27. The number of allylic oxidation sites excluding steroid dienone is 7. The largest absolute Gasteiger partial charge is 0.472 e. The Bertz CT molecular complexity index is 1290. The van der Waals surface area contributed by atoms with Crippen LogP contribution >= 0.6 is 7.82 Å². The molecule has 3 unspecified atom stereocenters. The van der Waals surface area contributed by atoms with Crippen LogP contribution in [0.2, 0.25) is 0 Å². The molecule has 2 N–H and O–H groups in total. The van der Waals surface area contributed by atoms with E-state index in [9.17, 15) is 19.0 Å². The zero-order valence-corrected chi connectivity index (χ0v) is 45.5. The normalized spacial score (nSPS) is 14.2. The lowest BCUT2D eigenvalue weighted by Crippen LogP contribution is -2.47. The fourth-order valence-electron chi connectivity index (χ4n) is 7.89. The second-order valence-electron chi connectivity index (χ2n) is 20.1. The second kappa shape index (κ2) is 47.6. The number of nitrogens with zero attached hydrogens (tertiary/aromatic N) is 1. The molecule has 0 saturated carbocycles. The van der Waals surface area contributed by atoms with Crippen LogP contribution in [0.4, 0.5) is 0 Å². The van der Waals surface area contributed by atoms with E-state index in [4.69, 9.17) is 13.8 Å². The summed E-state index contributed by atoms with van der Waals surface area (Å²) in [5, 5.41) is 3.04. The van der Waals surface area contributed by atoms with Crippen LogP contribution < -0.4 is 5.32 Å². The highest BCUT2D eigenvalue weighted by Crippen LogP contribution is 2.43. The van der Waals surface area contributed by atoms with Gasteiger partial charge in [-0.3, -0.25) is 18.6 Å².